The number of nitrogens with zero attached hydrogens (tertiary/aromatic N) is 1. The molecule has 1 heteroatoms. The molecule has 0 aliphatic carbocycles. The SMILES string of the molecule is CC.CC(C)=c1cncc/c1=C(/C)C(C)C. The van der Waals surface area contributed by atoms with E-state index in [2.05, 4.69) is 45.7 Å². The van der Waals surface area contributed by atoms with Gasteiger partial charge in [-0.3, -0.25) is 4.98 Å². The quantitative estimate of drug-likeness (QED) is 0.707. The second-order valence-electron chi connectivity index (χ2n) is 4.26. The Morgan fingerprint density at radius 2 is 1.62 bits per heavy atom. The molecule has 0 unspecified atom stereocenters. The first-order valence-electron chi connectivity index (χ1n) is 6.12. The van der Waals surface area contributed by atoms with Gasteiger partial charge in [0.05, 0.1) is 0 Å². The monoisotopic (exact) mass is 219 g/mol. The fraction of sp³-hybridized carbons (Fsp3) is 0.533. The summed E-state index contributed by atoms with van der Waals surface area (Å²) in [4.78, 5) is 4.17. The van der Waals surface area contributed by atoms with Crippen LogP contribution < -0.4 is 10.4 Å². The molecule has 1 aromatic rings. The third kappa shape index (κ3) is 3.80. The molecule has 16 heavy (non-hydrogen) atoms. The number of hydrogen-bond donors (Lipinski definition) is 0. The molecule has 0 spiro atoms. The summed E-state index contributed by atoms with van der Waals surface area (Å²) in [6.07, 6.45) is 3.82. The van der Waals surface area contributed by atoms with Gasteiger partial charge in [-0.1, -0.05) is 38.8 Å². The molecule has 1 heterocycles. The topological polar surface area (TPSA) is 12.9 Å². The smallest absolute Gasteiger partial charge is 0.0345 e. The Balaban J connectivity index is 0.00000106. The maximum atomic E-state index is 4.17. The van der Waals surface area contributed by atoms with Crippen LogP contribution in [0.5, 0.6) is 0 Å². The van der Waals surface area contributed by atoms with Crippen molar-refractivity contribution in [2.45, 2.75) is 48.5 Å². The molecule has 0 saturated heterocycles. The Morgan fingerprint density at radius 1 is 1.06 bits per heavy atom. The summed E-state index contributed by atoms with van der Waals surface area (Å²) in [5.41, 5.74) is 2.76. The predicted octanol–water partition coefficient (Wildman–Crippen LogP) is 3.12. The fourth-order valence-corrected chi connectivity index (χ4v) is 1.45. The molecule has 0 saturated carbocycles. The fourth-order valence-electron chi connectivity index (χ4n) is 1.45. The molecule has 0 amide bonds. The van der Waals surface area contributed by atoms with Crippen molar-refractivity contribution in [3.05, 3.63) is 28.9 Å². The van der Waals surface area contributed by atoms with E-state index in [9.17, 15) is 0 Å². The van der Waals surface area contributed by atoms with Crippen molar-refractivity contribution >= 4 is 11.1 Å². The summed E-state index contributed by atoms with van der Waals surface area (Å²) in [6.45, 7) is 14.9. The van der Waals surface area contributed by atoms with Crippen molar-refractivity contribution in [1.29, 1.82) is 0 Å². The predicted molar refractivity (Wildman–Crippen MR) is 73.5 cm³/mol. The molecule has 1 rings (SSSR count). The highest BCUT2D eigenvalue weighted by Crippen LogP contribution is 2.05. The van der Waals surface area contributed by atoms with Crippen LogP contribution in [0.15, 0.2) is 18.5 Å². The summed E-state index contributed by atoms with van der Waals surface area (Å²) in [5.74, 6) is 0.593. The Morgan fingerprint density at radius 3 is 2.06 bits per heavy atom. The van der Waals surface area contributed by atoms with Crippen molar-refractivity contribution in [3.63, 3.8) is 0 Å². The van der Waals surface area contributed by atoms with Crippen molar-refractivity contribution in [1.82, 2.24) is 4.98 Å². The van der Waals surface area contributed by atoms with Crippen LogP contribution in [0.4, 0.5) is 0 Å². The minimum absolute atomic E-state index is 0.593. The van der Waals surface area contributed by atoms with E-state index in [1.807, 2.05) is 26.2 Å². The average Bonchev–Trinajstić information content (AvgIpc) is 2.30. The molecule has 0 aliphatic heterocycles. The van der Waals surface area contributed by atoms with Gasteiger partial charge in [-0.15, -0.1) is 0 Å². The first-order valence-corrected chi connectivity index (χ1v) is 6.12. The second kappa shape index (κ2) is 7.21. The molecule has 0 atom stereocenters. The zero-order chi connectivity index (χ0) is 12.7. The summed E-state index contributed by atoms with van der Waals surface area (Å²) in [7, 11) is 0. The number of hydrogen-bond acceptors (Lipinski definition) is 1. The Hall–Kier alpha value is -1.11. The van der Waals surface area contributed by atoms with Gasteiger partial charge in [0, 0.05) is 12.4 Å². The van der Waals surface area contributed by atoms with Crippen molar-refractivity contribution in [2.24, 2.45) is 5.92 Å². The summed E-state index contributed by atoms with van der Waals surface area (Å²) < 4.78 is 0. The second-order valence-corrected chi connectivity index (χ2v) is 4.26. The minimum Gasteiger partial charge on any atom is -0.264 e. The summed E-state index contributed by atoms with van der Waals surface area (Å²) >= 11 is 0. The van der Waals surface area contributed by atoms with Gasteiger partial charge in [-0.05, 0) is 43.2 Å². The van der Waals surface area contributed by atoms with Gasteiger partial charge in [0.1, 0.15) is 0 Å². The zero-order valence-corrected chi connectivity index (χ0v) is 11.8. The van der Waals surface area contributed by atoms with Crippen molar-refractivity contribution in [2.75, 3.05) is 0 Å². The molecule has 1 nitrogen and oxygen atoms in total. The van der Waals surface area contributed by atoms with E-state index in [0.29, 0.717) is 5.92 Å². The highest BCUT2D eigenvalue weighted by Gasteiger charge is 1.98. The Kier molecular flexibility index (Phi) is 6.71. The van der Waals surface area contributed by atoms with Crippen LogP contribution in [0.3, 0.4) is 0 Å². The van der Waals surface area contributed by atoms with Crippen LogP contribution >= 0.6 is 0 Å². The van der Waals surface area contributed by atoms with Gasteiger partial charge < -0.3 is 0 Å². The van der Waals surface area contributed by atoms with E-state index in [0.717, 1.165) is 0 Å². The Labute approximate surface area is 99.9 Å². The lowest BCUT2D eigenvalue weighted by Crippen LogP contribution is -2.29. The molecule has 1 aromatic heterocycles. The molecule has 0 aliphatic rings. The standard InChI is InChI=1S/C13H19N.C2H6/c1-9(2)11(5)12-6-7-14-8-13(12)10(3)4;1-2/h6-9H,1-5H3;1-2H3/b12-11+;. The van der Waals surface area contributed by atoms with E-state index in [4.69, 9.17) is 0 Å². The van der Waals surface area contributed by atoms with Gasteiger partial charge in [0.15, 0.2) is 0 Å². The van der Waals surface area contributed by atoms with E-state index >= 15 is 0 Å². The van der Waals surface area contributed by atoms with Crippen LogP contribution in [-0.2, 0) is 0 Å². The first-order chi connectivity index (χ1) is 7.54. The lowest BCUT2D eigenvalue weighted by atomic mass is 10.0. The largest absolute Gasteiger partial charge is 0.264 e. The molecule has 0 N–H and O–H groups in total. The van der Waals surface area contributed by atoms with Crippen LogP contribution in [0.25, 0.3) is 11.1 Å². The van der Waals surface area contributed by atoms with Gasteiger partial charge in [0.25, 0.3) is 0 Å². The molecular formula is C15H25N. The maximum Gasteiger partial charge on any atom is 0.0345 e. The van der Waals surface area contributed by atoms with Crippen LogP contribution in [0.1, 0.15) is 48.5 Å². The molecule has 0 fully saturated rings. The number of rotatable bonds is 1. The lowest BCUT2D eigenvalue weighted by molar-refractivity contribution is 0.840. The van der Waals surface area contributed by atoms with Crippen LogP contribution in [0, 0.1) is 5.92 Å². The first kappa shape index (κ1) is 14.9. The minimum atomic E-state index is 0.593. The van der Waals surface area contributed by atoms with Crippen molar-refractivity contribution in [3.8, 4) is 0 Å². The van der Waals surface area contributed by atoms with E-state index < -0.39 is 0 Å². The molecule has 0 radical (unpaired) electrons. The number of pyridine rings is 1. The van der Waals surface area contributed by atoms with E-state index in [1.54, 1.807) is 0 Å². The van der Waals surface area contributed by atoms with E-state index in [-0.39, 0.29) is 0 Å². The summed E-state index contributed by atoms with van der Waals surface area (Å²) in [5, 5.41) is 2.62. The lowest BCUT2D eigenvalue weighted by Gasteiger charge is -2.05. The normalized spacial score (nSPS) is 11.8. The highest BCUT2D eigenvalue weighted by atomic mass is 14.6. The highest BCUT2D eigenvalue weighted by molar-refractivity contribution is 5.48. The van der Waals surface area contributed by atoms with Crippen LogP contribution in [-0.4, -0.2) is 4.98 Å². The zero-order valence-electron chi connectivity index (χ0n) is 11.8. The van der Waals surface area contributed by atoms with Gasteiger partial charge >= 0.3 is 0 Å². The third-order valence-electron chi connectivity index (χ3n) is 2.65. The van der Waals surface area contributed by atoms with E-state index in [1.165, 1.54) is 21.6 Å². The maximum absolute atomic E-state index is 4.17. The van der Waals surface area contributed by atoms with Crippen molar-refractivity contribution < 1.29 is 0 Å². The van der Waals surface area contributed by atoms with Gasteiger partial charge in [0.2, 0.25) is 0 Å². The van der Waals surface area contributed by atoms with Crippen LogP contribution in [0.2, 0.25) is 0 Å². The molecule has 90 valence electrons. The van der Waals surface area contributed by atoms with Gasteiger partial charge in [-0.25, -0.2) is 0 Å². The third-order valence-corrected chi connectivity index (χ3v) is 2.65. The number of aromatic nitrogens is 1. The average molecular weight is 219 g/mol. The Bertz CT molecular complexity index is 423. The molecular weight excluding hydrogens is 194 g/mol. The van der Waals surface area contributed by atoms with Gasteiger partial charge in [-0.2, -0.15) is 0 Å². The molecule has 0 aromatic carbocycles. The summed E-state index contributed by atoms with van der Waals surface area (Å²) in [6, 6.07) is 2.11. The molecule has 0 bridgehead atoms.